The fraction of sp³-hybridized carbons (Fsp3) is 0.333. The first-order valence-electron chi connectivity index (χ1n) is 5.24. The van der Waals surface area contributed by atoms with E-state index in [0.717, 1.165) is 6.42 Å². The Morgan fingerprint density at radius 3 is 2.88 bits per heavy atom. The molecule has 3 nitrogen and oxygen atoms in total. The smallest absolute Gasteiger partial charge is 0.241 e. The molecule has 0 heterocycles. The second-order valence-electron chi connectivity index (χ2n) is 3.59. The van der Waals surface area contributed by atoms with Crippen molar-refractivity contribution in [3.63, 3.8) is 0 Å². The molecule has 1 unspecified atom stereocenters. The van der Waals surface area contributed by atoms with E-state index in [0.29, 0.717) is 12.1 Å². The summed E-state index contributed by atoms with van der Waals surface area (Å²) in [6.07, 6.45) is 1.24. The summed E-state index contributed by atoms with van der Waals surface area (Å²) < 4.78 is 12.9. The fourth-order valence-electron chi connectivity index (χ4n) is 1.35. The molecule has 17 heavy (non-hydrogen) atoms. The molecule has 0 saturated heterocycles. The van der Waals surface area contributed by atoms with Crippen molar-refractivity contribution in [3.8, 4) is 6.07 Å². The van der Waals surface area contributed by atoms with Gasteiger partial charge in [0.05, 0.1) is 11.1 Å². The van der Waals surface area contributed by atoms with Crippen LogP contribution in [0.25, 0.3) is 0 Å². The van der Waals surface area contributed by atoms with Crippen LogP contribution < -0.4 is 5.32 Å². The molecule has 1 N–H and O–H groups in total. The molecular formula is C12H12ClFN2O. The van der Waals surface area contributed by atoms with E-state index >= 15 is 0 Å². The van der Waals surface area contributed by atoms with Gasteiger partial charge in [0.1, 0.15) is 11.7 Å². The van der Waals surface area contributed by atoms with Crippen molar-refractivity contribution >= 4 is 23.2 Å². The normalized spacial score (nSPS) is 11.6. The van der Waals surface area contributed by atoms with Crippen LogP contribution in [0.2, 0.25) is 5.02 Å². The van der Waals surface area contributed by atoms with Gasteiger partial charge < -0.3 is 5.32 Å². The first kappa shape index (κ1) is 13.5. The summed E-state index contributed by atoms with van der Waals surface area (Å²) in [4.78, 5) is 11.7. The highest BCUT2D eigenvalue weighted by Crippen LogP contribution is 2.20. The Hall–Kier alpha value is -1.60. The van der Waals surface area contributed by atoms with E-state index in [-0.39, 0.29) is 5.02 Å². The average molecular weight is 255 g/mol. The van der Waals surface area contributed by atoms with Crippen molar-refractivity contribution in [2.75, 3.05) is 5.32 Å². The lowest BCUT2D eigenvalue weighted by Gasteiger charge is -2.09. The minimum absolute atomic E-state index is 0.0631. The number of anilines is 1. The number of nitriles is 1. The van der Waals surface area contributed by atoms with Crippen LogP contribution in [-0.4, -0.2) is 5.91 Å². The van der Waals surface area contributed by atoms with Crippen LogP contribution in [0.1, 0.15) is 19.8 Å². The van der Waals surface area contributed by atoms with E-state index < -0.39 is 17.6 Å². The number of carbonyl (C=O) groups is 1. The topological polar surface area (TPSA) is 52.9 Å². The first-order valence-corrected chi connectivity index (χ1v) is 5.61. The van der Waals surface area contributed by atoms with Gasteiger partial charge in [-0.15, -0.1) is 0 Å². The lowest BCUT2D eigenvalue weighted by atomic mass is 10.0. The number of nitrogens with zero attached hydrogens (tertiary/aromatic N) is 1. The lowest BCUT2D eigenvalue weighted by Crippen LogP contribution is -2.21. The van der Waals surface area contributed by atoms with E-state index in [1.165, 1.54) is 18.2 Å². The molecule has 90 valence electrons. The number of rotatable bonds is 4. The predicted molar refractivity (Wildman–Crippen MR) is 64.1 cm³/mol. The van der Waals surface area contributed by atoms with Gasteiger partial charge in [-0.3, -0.25) is 4.79 Å². The highest BCUT2D eigenvalue weighted by Gasteiger charge is 2.16. The molecule has 1 rings (SSSR count). The van der Waals surface area contributed by atoms with Crippen molar-refractivity contribution in [2.45, 2.75) is 19.8 Å². The van der Waals surface area contributed by atoms with E-state index in [4.69, 9.17) is 16.9 Å². The monoisotopic (exact) mass is 254 g/mol. The predicted octanol–water partition coefficient (Wildman–Crippen LogP) is 3.36. The van der Waals surface area contributed by atoms with Crippen molar-refractivity contribution < 1.29 is 9.18 Å². The number of benzene rings is 1. The third-order valence-electron chi connectivity index (χ3n) is 2.24. The lowest BCUT2D eigenvalue weighted by molar-refractivity contribution is -0.118. The van der Waals surface area contributed by atoms with Gasteiger partial charge in [-0.1, -0.05) is 24.9 Å². The number of hydrogen-bond donors (Lipinski definition) is 1. The molecule has 0 aliphatic rings. The van der Waals surface area contributed by atoms with Gasteiger partial charge in [-0.05, 0) is 24.6 Å². The Balaban J connectivity index is 2.74. The zero-order chi connectivity index (χ0) is 12.8. The van der Waals surface area contributed by atoms with E-state index in [1.54, 1.807) is 0 Å². The van der Waals surface area contributed by atoms with Gasteiger partial charge in [-0.2, -0.15) is 5.26 Å². The molecule has 0 saturated carbocycles. The quantitative estimate of drug-likeness (QED) is 0.896. The molecule has 5 heteroatoms. The Kier molecular flexibility index (Phi) is 4.92. The summed E-state index contributed by atoms with van der Waals surface area (Å²) in [5.41, 5.74) is 0.387. The van der Waals surface area contributed by atoms with Crippen LogP contribution in [0.15, 0.2) is 18.2 Å². The Morgan fingerprint density at radius 2 is 2.35 bits per heavy atom. The molecule has 0 radical (unpaired) electrons. The molecule has 1 amide bonds. The van der Waals surface area contributed by atoms with Gasteiger partial charge in [0.15, 0.2) is 0 Å². The maximum absolute atomic E-state index is 12.9. The average Bonchev–Trinajstić information content (AvgIpc) is 2.30. The largest absolute Gasteiger partial charge is 0.325 e. The summed E-state index contributed by atoms with van der Waals surface area (Å²) in [6.45, 7) is 1.90. The number of halogens is 2. The van der Waals surface area contributed by atoms with Crippen LogP contribution in [0.4, 0.5) is 10.1 Å². The highest BCUT2D eigenvalue weighted by atomic mass is 35.5. The Bertz CT molecular complexity index is 456. The number of hydrogen-bond acceptors (Lipinski definition) is 2. The minimum atomic E-state index is -0.691. The van der Waals surface area contributed by atoms with Crippen LogP contribution in [0, 0.1) is 23.1 Å². The molecule has 0 spiro atoms. The molecule has 1 atom stereocenters. The molecule has 0 bridgehead atoms. The molecule has 0 aliphatic heterocycles. The van der Waals surface area contributed by atoms with Crippen molar-refractivity contribution in [1.29, 1.82) is 5.26 Å². The Labute approximate surface area is 104 Å². The minimum Gasteiger partial charge on any atom is -0.325 e. The highest BCUT2D eigenvalue weighted by molar-refractivity contribution is 6.31. The summed E-state index contributed by atoms with van der Waals surface area (Å²) >= 11 is 5.58. The van der Waals surface area contributed by atoms with Crippen LogP contribution in [-0.2, 0) is 4.79 Å². The Morgan fingerprint density at radius 1 is 1.65 bits per heavy atom. The van der Waals surface area contributed by atoms with E-state index in [2.05, 4.69) is 5.32 Å². The van der Waals surface area contributed by atoms with Crippen molar-refractivity contribution in [2.24, 2.45) is 5.92 Å². The van der Waals surface area contributed by atoms with Crippen molar-refractivity contribution in [3.05, 3.63) is 29.0 Å². The molecule has 0 aliphatic carbocycles. The number of nitrogens with one attached hydrogen (secondary N) is 1. The summed E-state index contributed by atoms with van der Waals surface area (Å²) in [5.74, 6) is -1.63. The fourth-order valence-corrected chi connectivity index (χ4v) is 1.53. The zero-order valence-electron chi connectivity index (χ0n) is 9.34. The molecule has 0 aromatic heterocycles. The molecule has 0 fully saturated rings. The molecule has 1 aromatic carbocycles. The van der Waals surface area contributed by atoms with Gasteiger partial charge >= 0.3 is 0 Å². The van der Waals surface area contributed by atoms with Gasteiger partial charge in [-0.25, -0.2) is 4.39 Å². The summed E-state index contributed by atoms with van der Waals surface area (Å²) in [7, 11) is 0. The maximum Gasteiger partial charge on any atom is 0.241 e. The van der Waals surface area contributed by atoms with E-state index in [9.17, 15) is 9.18 Å². The van der Waals surface area contributed by atoms with Crippen LogP contribution >= 0.6 is 11.6 Å². The van der Waals surface area contributed by atoms with Gasteiger partial charge in [0, 0.05) is 5.69 Å². The van der Waals surface area contributed by atoms with Crippen molar-refractivity contribution in [1.82, 2.24) is 0 Å². The standard InChI is InChI=1S/C12H12ClFN2O/c1-2-3-8(7-15)12(17)16-9-4-5-11(14)10(13)6-9/h4-6,8H,2-3H2,1H3,(H,16,17). The van der Waals surface area contributed by atoms with Gasteiger partial charge in [0.25, 0.3) is 0 Å². The second kappa shape index (κ2) is 6.21. The maximum atomic E-state index is 12.9. The summed E-state index contributed by atoms with van der Waals surface area (Å²) in [5, 5.41) is 11.3. The second-order valence-corrected chi connectivity index (χ2v) is 4.00. The van der Waals surface area contributed by atoms with E-state index in [1.807, 2.05) is 13.0 Å². The van der Waals surface area contributed by atoms with Gasteiger partial charge in [0.2, 0.25) is 5.91 Å². The third kappa shape index (κ3) is 3.72. The first-order chi connectivity index (χ1) is 8.08. The number of carbonyl (C=O) groups excluding carboxylic acids is 1. The SMILES string of the molecule is CCCC(C#N)C(=O)Nc1ccc(F)c(Cl)c1. The molecular weight excluding hydrogens is 243 g/mol. The summed E-state index contributed by atoms with van der Waals surface area (Å²) in [6, 6.07) is 5.81. The third-order valence-corrected chi connectivity index (χ3v) is 2.53. The molecule has 1 aromatic rings. The van der Waals surface area contributed by atoms with Crippen LogP contribution in [0.3, 0.4) is 0 Å². The van der Waals surface area contributed by atoms with Crippen LogP contribution in [0.5, 0.6) is 0 Å². The number of amides is 1. The zero-order valence-corrected chi connectivity index (χ0v) is 10.1.